The van der Waals surface area contributed by atoms with Gasteiger partial charge in [0.25, 0.3) is 0 Å². The molecule has 27 rings (SSSR count). The third kappa shape index (κ3) is 14.7. The van der Waals surface area contributed by atoms with E-state index in [9.17, 15) is 0 Å². The summed E-state index contributed by atoms with van der Waals surface area (Å²) < 4.78 is 21.5. The number of nitrogens with zero attached hydrogens (tertiary/aromatic N) is 10. The van der Waals surface area contributed by atoms with Crippen molar-refractivity contribution in [3.05, 3.63) is 425 Å². The first-order valence-corrected chi connectivity index (χ1v) is 45.0. The molecule has 14 aromatic carbocycles. The van der Waals surface area contributed by atoms with E-state index >= 15 is 0 Å². The van der Waals surface area contributed by atoms with Crippen LogP contribution in [0.2, 0.25) is 0 Å². The minimum absolute atomic E-state index is 0. The maximum absolute atomic E-state index is 6.15. The Kier molecular flexibility index (Phi) is 22.0. The zero-order chi connectivity index (χ0) is 85.0. The molecule has 0 saturated carbocycles. The second-order valence-corrected chi connectivity index (χ2v) is 34.9. The topological polar surface area (TPSA) is 123 Å². The number of furan rings is 2. The molecule has 0 aliphatic rings. The molecule has 0 aliphatic heterocycles. The Balaban J connectivity index is 0.000000119. The van der Waals surface area contributed by atoms with Crippen LogP contribution in [0, 0.1) is 18.2 Å². The Morgan fingerprint density at radius 1 is 0.220 bits per heavy atom. The molecule has 0 unspecified atom stereocenters. The molecule has 633 valence electrons. The summed E-state index contributed by atoms with van der Waals surface area (Å²) in [5, 5.41) is 14.0. The summed E-state index contributed by atoms with van der Waals surface area (Å²) in [6.07, 6.45) is 5.47. The van der Waals surface area contributed by atoms with Crippen molar-refractivity contribution < 1.29 is 69.2 Å². The Labute approximate surface area is 808 Å². The molecule has 0 N–H and O–H groups in total. The molecular weight excluding hydrogens is 2210 g/mol. The van der Waals surface area contributed by atoms with E-state index in [1.54, 1.807) is 34.0 Å². The zero-order valence-electron chi connectivity index (χ0n) is 69.7. The molecule has 18 heteroatoms. The Morgan fingerprint density at radius 3 is 0.970 bits per heavy atom. The number of hydrogen-bond donors (Lipinski definition) is 0. The van der Waals surface area contributed by atoms with Crippen LogP contribution < -0.4 is 0 Å². The van der Waals surface area contributed by atoms with Gasteiger partial charge in [-0.2, -0.15) is 46.4 Å². The van der Waals surface area contributed by atoms with E-state index in [2.05, 4.69) is 288 Å². The number of pyridine rings is 3. The van der Waals surface area contributed by atoms with Crippen LogP contribution in [0.25, 0.3) is 240 Å². The van der Waals surface area contributed by atoms with Crippen molar-refractivity contribution in [3.8, 4) is 109 Å². The fourth-order valence-electron chi connectivity index (χ4n) is 18.3. The van der Waals surface area contributed by atoms with Crippen molar-refractivity contribution in [1.82, 2.24) is 48.2 Å². The maximum Gasteiger partial charge on any atom is 0.238 e. The summed E-state index contributed by atoms with van der Waals surface area (Å²) in [5.74, 6) is 1.79. The Hall–Kier alpha value is -14.6. The van der Waals surface area contributed by atoms with Crippen LogP contribution in [0.15, 0.2) is 416 Å². The van der Waals surface area contributed by atoms with Gasteiger partial charge in [-0.05, 0) is 138 Å². The number of para-hydroxylation sites is 6. The minimum atomic E-state index is 0. The normalized spacial score (nSPS) is 11.5. The first-order valence-electron chi connectivity index (χ1n) is 42.6. The van der Waals surface area contributed by atoms with Crippen molar-refractivity contribution in [3.63, 3.8) is 0 Å². The van der Waals surface area contributed by atoms with Gasteiger partial charge in [-0.15, -0.1) is 0 Å². The number of aromatic nitrogens is 10. The molecule has 132 heavy (non-hydrogen) atoms. The van der Waals surface area contributed by atoms with E-state index in [1.165, 1.54) is 64.8 Å². The summed E-state index contributed by atoms with van der Waals surface area (Å²) in [6, 6.07) is 146. The van der Waals surface area contributed by atoms with Crippen LogP contribution in [-0.2, 0) is 60.3 Å². The van der Waals surface area contributed by atoms with Crippen LogP contribution >= 0.6 is 34.0 Å². The monoisotopic (exact) mass is 2280 g/mol. The number of benzene rings is 14. The van der Waals surface area contributed by atoms with Gasteiger partial charge in [0.2, 0.25) is 5.95 Å². The van der Waals surface area contributed by atoms with Gasteiger partial charge in [0.1, 0.15) is 22.3 Å². The van der Waals surface area contributed by atoms with Gasteiger partial charge < -0.3 is 37.5 Å². The summed E-state index contributed by atoms with van der Waals surface area (Å²) in [5.41, 5.74) is 24.1. The third-order valence-corrected chi connectivity index (χ3v) is 27.5. The molecule has 0 fully saturated rings. The predicted molar refractivity (Wildman–Crippen MR) is 532 cm³/mol. The largest absolute Gasteiger partial charge is 0.456 e. The molecular formula is C114H67Ir3N10O2S3-3. The maximum atomic E-state index is 6.15. The second kappa shape index (κ2) is 35.0. The number of thiophene rings is 3. The molecule has 3 radical (unpaired) electrons. The molecule has 12 nitrogen and oxygen atoms in total. The van der Waals surface area contributed by atoms with Gasteiger partial charge in [0, 0.05) is 178 Å². The minimum Gasteiger partial charge on any atom is -0.456 e. The Morgan fingerprint density at radius 2 is 0.538 bits per heavy atom. The van der Waals surface area contributed by atoms with E-state index < -0.39 is 0 Å². The first kappa shape index (κ1) is 83.0. The fourth-order valence-corrected chi connectivity index (χ4v) is 21.1. The van der Waals surface area contributed by atoms with Crippen molar-refractivity contribution in [2.75, 3.05) is 0 Å². The summed E-state index contributed by atoms with van der Waals surface area (Å²) in [7, 11) is 0. The Bertz CT molecular complexity index is 8950. The average molecular weight is 2280 g/mol. The van der Waals surface area contributed by atoms with Crippen molar-refractivity contribution >= 4 is 165 Å². The van der Waals surface area contributed by atoms with Gasteiger partial charge >= 0.3 is 0 Å². The molecule has 0 spiro atoms. The van der Waals surface area contributed by atoms with Crippen molar-refractivity contribution in [2.45, 2.75) is 0 Å². The second-order valence-electron chi connectivity index (χ2n) is 31.8. The first-order chi connectivity index (χ1) is 63.9. The average Bonchev–Trinajstić information content (AvgIpc) is 1.56. The standard InChI is InChI=1S/C48H29N6S.C39H24N3S.C27H14NO2S.3Ir/c1-4-14-31(15-5-1)46-50-47(32-16-6-2-7-17-32)52-48(51-46)54-41-24-23-33(44-25-26-45(55-44)39-21-12-13-27-49-39)28-36(41)38-29-37-35-20-10-11-22-40(35)53(42(37)30-43(38)54)34-18-8-3-9-19-34;1-3-11-27(12-4-1)41-34-17-8-7-15-29(34)31-24-32-30-23-26(38-20-21-39(43-38)33-16-9-10-22-40-33)18-19-35(30)42(37(32)25-36(31)41)28-13-5-2-6-14-28;1-2-7-22-17(5-1)19-14-20-18-13-16(8-9-23(18)30-25(20)15-24(19)29-22)26-10-11-27(31-26)21-6-3-4-12-28-21;;;/h1-25,27-30H;1-20,22-25H;1-10,12-15H;;;/q3*-1;;;. The van der Waals surface area contributed by atoms with Crippen LogP contribution in [0.4, 0.5) is 0 Å². The summed E-state index contributed by atoms with van der Waals surface area (Å²) >= 11 is 5.13. The predicted octanol–water partition coefficient (Wildman–Crippen LogP) is 30.5. The van der Waals surface area contributed by atoms with Gasteiger partial charge in [-0.25, -0.2) is 39.0 Å². The van der Waals surface area contributed by atoms with Crippen molar-refractivity contribution in [1.29, 1.82) is 0 Å². The van der Waals surface area contributed by atoms with Crippen LogP contribution in [0.5, 0.6) is 0 Å². The van der Waals surface area contributed by atoms with E-state index in [-0.39, 0.29) is 60.3 Å². The van der Waals surface area contributed by atoms with E-state index in [0.717, 1.165) is 157 Å². The molecule has 27 aromatic rings. The molecule has 0 saturated heterocycles. The fraction of sp³-hybridized carbons (Fsp3) is 0. The summed E-state index contributed by atoms with van der Waals surface area (Å²) in [4.78, 5) is 35.6. The smallest absolute Gasteiger partial charge is 0.238 e. The third-order valence-electron chi connectivity index (χ3n) is 24.2. The van der Waals surface area contributed by atoms with Gasteiger partial charge in [-0.3, -0.25) is 4.57 Å². The van der Waals surface area contributed by atoms with E-state index in [0.29, 0.717) is 17.6 Å². The zero-order valence-corrected chi connectivity index (χ0v) is 79.3. The number of rotatable bonds is 12. The van der Waals surface area contributed by atoms with Crippen molar-refractivity contribution in [2.24, 2.45) is 0 Å². The molecule has 13 heterocycles. The van der Waals surface area contributed by atoms with Gasteiger partial charge in [-0.1, -0.05) is 289 Å². The molecule has 0 bridgehead atoms. The van der Waals surface area contributed by atoms with Gasteiger partial charge in [0.15, 0.2) is 11.6 Å². The molecule has 13 aromatic heterocycles. The van der Waals surface area contributed by atoms with Crippen LogP contribution in [0.3, 0.4) is 0 Å². The summed E-state index contributed by atoms with van der Waals surface area (Å²) in [6.45, 7) is 0. The SMILES string of the molecule is [Ir].[Ir].[Ir].[c-]1cc(-c2ccc3c(c2)c2cc4c5ccccc5n(-c5ccccc5)c4cc2n3-c2ccccc2)sc1-c1ccccn1.[c-]1cc(-c2ccc3c(c2)c2cc4c5ccccc5n(-c5ccccc5)c4cc2n3-c2nc(-c3ccccc3)nc(-c3ccccc3)n2)sc1-c1ccccn1.[c-]1cc(-c2ccc3oc4cc5oc6ccccc6c5cc4c3c2)sc1-c1ccccn1. The molecule has 0 aliphatic carbocycles. The number of fused-ring (bicyclic) bond motifs is 18. The van der Waals surface area contributed by atoms with Gasteiger partial charge in [0.05, 0.1) is 44.1 Å². The van der Waals surface area contributed by atoms with E-state index in [1.807, 2.05) is 170 Å². The van der Waals surface area contributed by atoms with Crippen LogP contribution in [0.1, 0.15) is 0 Å². The molecule has 0 amide bonds. The van der Waals surface area contributed by atoms with E-state index in [4.69, 9.17) is 23.8 Å². The molecule has 0 atom stereocenters. The van der Waals surface area contributed by atoms with Crippen LogP contribution in [-0.4, -0.2) is 48.2 Å². The number of hydrogen-bond acceptors (Lipinski definition) is 11. The quantitative estimate of drug-likeness (QED) is 0.111.